The van der Waals surface area contributed by atoms with E-state index in [0.29, 0.717) is 39.4 Å². The van der Waals surface area contributed by atoms with Crippen molar-refractivity contribution in [2.75, 3.05) is 11.9 Å². The van der Waals surface area contributed by atoms with Crippen LogP contribution in [0.15, 0.2) is 46.8 Å². The van der Waals surface area contributed by atoms with Crippen molar-refractivity contribution in [3.63, 3.8) is 0 Å². The van der Waals surface area contributed by atoms with Gasteiger partial charge in [-0.15, -0.1) is 11.3 Å². The molecule has 2 aromatic rings. The molecule has 1 unspecified atom stereocenters. The summed E-state index contributed by atoms with van der Waals surface area (Å²) in [5.41, 5.74) is 4.54. The number of benzene rings is 1. The molecule has 1 aromatic carbocycles. The van der Waals surface area contributed by atoms with E-state index in [0.717, 1.165) is 54.7 Å². The van der Waals surface area contributed by atoms with Gasteiger partial charge < -0.3 is 15.4 Å². The maximum absolute atomic E-state index is 13.9. The maximum Gasteiger partial charge on any atom is 0.341 e. The second kappa shape index (κ2) is 10.0. The predicted octanol–water partition coefficient (Wildman–Crippen LogP) is 5.55. The normalized spacial score (nSPS) is 19.4. The van der Waals surface area contributed by atoms with Crippen molar-refractivity contribution in [1.29, 1.82) is 0 Å². The lowest BCUT2D eigenvalue weighted by molar-refractivity contribution is -0.116. The largest absolute Gasteiger partial charge is 0.462 e. The molecule has 1 aliphatic heterocycles. The van der Waals surface area contributed by atoms with E-state index in [2.05, 4.69) is 10.6 Å². The van der Waals surface area contributed by atoms with Gasteiger partial charge >= 0.3 is 5.97 Å². The number of carbonyl (C=O) groups excluding carboxylic acids is 3. The van der Waals surface area contributed by atoms with Gasteiger partial charge in [-0.25, -0.2) is 9.18 Å². The molecule has 0 spiro atoms. The molecule has 3 aliphatic rings. The minimum Gasteiger partial charge on any atom is -0.462 e. The van der Waals surface area contributed by atoms with Crippen LogP contribution in [0.5, 0.6) is 0 Å². The first kappa shape index (κ1) is 24.4. The summed E-state index contributed by atoms with van der Waals surface area (Å²) < 4.78 is 19.1. The van der Waals surface area contributed by atoms with Crippen LogP contribution in [0, 0.1) is 5.82 Å². The number of ether oxygens (including phenoxy) is 1. The number of Topliss-reactive ketones (excluding diaryl/α,β-unsaturated/α-hetero) is 1. The molecule has 1 atom stereocenters. The number of dihydropyridines is 1. The van der Waals surface area contributed by atoms with Crippen LogP contribution in [-0.4, -0.2) is 24.3 Å². The summed E-state index contributed by atoms with van der Waals surface area (Å²) >= 11 is 1.43. The number of halogens is 1. The summed E-state index contributed by atoms with van der Waals surface area (Å²) in [7, 11) is 0. The van der Waals surface area contributed by atoms with Crippen molar-refractivity contribution in [1.82, 2.24) is 5.32 Å². The summed E-state index contributed by atoms with van der Waals surface area (Å²) in [6.45, 7) is 3.83. The van der Waals surface area contributed by atoms with Gasteiger partial charge in [0.05, 0.1) is 12.2 Å². The van der Waals surface area contributed by atoms with Crippen molar-refractivity contribution in [2.45, 2.75) is 64.7 Å². The lowest BCUT2D eigenvalue weighted by atomic mass is 9.75. The minimum absolute atomic E-state index is 0.00493. The van der Waals surface area contributed by atoms with Gasteiger partial charge in [-0.05, 0) is 75.6 Å². The average molecular weight is 509 g/mol. The zero-order chi connectivity index (χ0) is 25.4. The smallest absolute Gasteiger partial charge is 0.341 e. The fourth-order valence-corrected chi connectivity index (χ4v) is 6.79. The Hall–Kier alpha value is -3.26. The lowest BCUT2D eigenvalue weighted by Gasteiger charge is -2.34. The summed E-state index contributed by atoms with van der Waals surface area (Å²) in [6, 6.07) is 5.96. The molecule has 2 heterocycles. The highest BCUT2D eigenvalue weighted by atomic mass is 32.1. The third-order valence-corrected chi connectivity index (χ3v) is 8.31. The Bertz CT molecular complexity index is 1310. The highest BCUT2D eigenvalue weighted by molar-refractivity contribution is 7.17. The van der Waals surface area contributed by atoms with Crippen LogP contribution >= 0.6 is 11.3 Å². The first-order valence-electron chi connectivity index (χ1n) is 12.5. The molecule has 0 saturated heterocycles. The van der Waals surface area contributed by atoms with Crippen LogP contribution in [0.2, 0.25) is 0 Å². The first-order valence-corrected chi connectivity index (χ1v) is 13.3. The molecule has 6 nitrogen and oxygen atoms in total. The van der Waals surface area contributed by atoms with Crippen LogP contribution in [-0.2, 0) is 27.2 Å². The highest BCUT2D eigenvalue weighted by Gasteiger charge is 2.39. The second-order valence-corrected chi connectivity index (χ2v) is 10.5. The van der Waals surface area contributed by atoms with Gasteiger partial charge in [0.15, 0.2) is 5.78 Å². The Morgan fingerprint density at radius 1 is 1.11 bits per heavy atom. The predicted molar refractivity (Wildman–Crippen MR) is 136 cm³/mol. The molecular weight excluding hydrogens is 479 g/mol. The van der Waals surface area contributed by atoms with Crippen LogP contribution in [0.1, 0.15) is 78.2 Å². The van der Waals surface area contributed by atoms with E-state index >= 15 is 0 Å². The van der Waals surface area contributed by atoms with Crippen molar-refractivity contribution < 1.29 is 23.5 Å². The van der Waals surface area contributed by atoms with E-state index in [4.69, 9.17) is 4.74 Å². The molecule has 0 radical (unpaired) electrons. The number of anilines is 1. The number of fused-ring (bicyclic) bond motifs is 1. The van der Waals surface area contributed by atoms with Crippen molar-refractivity contribution >= 4 is 34.0 Å². The van der Waals surface area contributed by atoms with Gasteiger partial charge in [0.1, 0.15) is 10.8 Å². The molecular formula is C28H29FN2O4S. The standard InChI is InChI=1S/C28H29FN2O4S/c1-3-35-28(34)24-18-7-4-5-10-21(18)36-27(24)31-26(33)22-15(2)30-19-8-6-9-20(32)25(19)23(22)16-11-13-17(29)14-12-16/h11-14,23,30H,3-10H2,1-2H3,(H,31,33). The number of ketones is 1. The van der Waals surface area contributed by atoms with Crippen LogP contribution in [0.25, 0.3) is 0 Å². The van der Waals surface area contributed by atoms with Crippen LogP contribution < -0.4 is 10.6 Å². The van der Waals surface area contributed by atoms with Crippen molar-refractivity contribution in [2.24, 2.45) is 0 Å². The Kier molecular flexibility index (Phi) is 6.79. The number of carbonyl (C=O) groups is 3. The fourth-order valence-electron chi connectivity index (χ4n) is 5.52. The first-order chi connectivity index (χ1) is 17.4. The zero-order valence-electron chi connectivity index (χ0n) is 20.5. The van der Waals surface area contributed by atoms with Crippen LogP contribution in [0.3, 0.4) is 0 Å². The van der Waals surface area contributed by atoms with E-state index in [1.807, 2.05) is 6.92 Å². The SMILES string of the molecule is CCOC(=O)c1c(NC(=O)C2=C(C)NC3=C(C(=O)CCC3)C2c2ccc(F)cc2)sc2c1CCCC2. The number of esters is 1. The number of amides is 1. The topological polar surface area (TPSA) is 84.5 Å². The van der Waals surface area contributed by atoms with E-state index in [-0.39, 0.29) is 24.1 Å². The second-order valence-electron chi connectivity index (χ2n) is 9.41. The quantitative estimate of drug-likeness (QED) is 0.518. The van der Waals surface area contributed by atoms with Gasteiger partial charge in [0, 0.05) is 39.8 Å². The third-order valence-electron chi connectivity index (χ3n) is 7.10. The van der Waals surface area contributed by atoms with E-state index in [1.165, 1.54) is 23.5 Å². The molecule has 8 heteroatoms. The summed E-state index contributed by atoms with van der Waals surface area (Å²) in [6.07, 6.45) is 5.56. The molecule has 1 aromatic heterocycles. The van der Waals surface area contributed by atoms with Gasteiger partial charge in [-0.3, -0.25) is 9.59 Å². The molecule has 36 heavy (non-hydrogen) atoms. The van der Waals surface area contributed by atoms with E-state index in [9.17, 15) is 18.8 Å². The molecule has 1 amide bonds. The molecule has 5 rings (SSSR count). The lowest BCUT2D eigenvalue weighted by Crippen LogP contribution is -2.35. The third kappa shape index (κ3) is 4.39. The summed E-state index contributed by atoms with van der Waals surface area (Å²) in [4.78, 5) is 41.0. The number of nitrogens with one attached hydrogen (secondary N) is 2. The molecule has 2 N–H and O–H groups in total. The Morgan fingerprint density at radius 2 is 1.86 bits per heavy atom. The molecule has 188 valence electrons. The number of allylic oxidation sites excluding steroid dienone is 3. The Labute approximate surface area is 213 Å². The molecule has 0 bridgehead atoms. The fraction of sp³-hybridized carbons (Fsp3) is 0.393. The summed E-state index contributed by atoms with van der Waals surface area (Å²) in [5.74, 6) is -1.82. The summed E-state index contributed by atoms with van der Waals surface area (Å²) in [5, 5.41) is 6.78. The molecule has 2 aliphatic carbocycles. The number of thiophene rings is 1. The number of hydrogen-bond donors (Lipinski definition) is 2. The van der Waals surface area contributed by atoms with Crippen molar-refractivity contribution in [3.8, 4) is 0 Å². The highest BCUT2D eigenvalue weighted by Crippen LogP contribution is 2.44. The maximum atomic E-state index is 13.9. The molecule has 0 saturated carbocycles. The number of aryl methyl sites for hydroxylation is 1. The van der Waals surface area contributed by atoms with Gasteiger partial charge in [0.25, 0.3) is 5.91 Å². The Morgan fingerprint density at radius 3 is 2.61 bits per heavy atom. The minimum atomic E-state index is -0.615. The van der Waals surface area contributed by atoms with E-state index < -0.39 is 11.9 Å². The monoisotopic (exact) mass is 508 g/mol. The van der Waals surface area contributed by atoms with Gasteiger partial charge in [-0.1, -0.05) is 12.1 Å². The van der Waals surface area contributed by atoms with Crippen LogP contribution in [0.4, 0.5) is 9.39 Å². The zero-order valence-corrected chi connectivity index (χ0v) is 21.3. The van der Waals surface area contributed by atoms with Gasteiger partial charge in [0.2, 0.25) is 0 Å². The molecule has 0 fully saturated rings. The number of hydrogen-bond acceptors (Lipinski definition) is 6. The van der Waals surface area contributed by atoms with Crippen molar-refractivity contribution in [3.05, 3.63) is 74.2 Å². The van der Waals surface area contributed by atoms with E-state index in [1.54, 1.807) is 19.1 Å². The average Bonchev–Trinajstić information content (AvgIpc) is 3.21. The Balaban J connectivity index is 1.56. The number of rotatable bonds is 5. The van der Waals surface area contributed by atoms with Gasteiger partial charge in [-0.2, -0.15) is 0 Å².